The zero-order valence-electron chi connectivity index (χ0n) is 36.5. The van der Waals surface area contributed by atoms with E-state index in [4.69, 9.17) is 4.74 Å². The molecule has 0 saturated heterocycles. The van der Waals surface area contributed by atoms with Crippen LogP contribution in [0.4, 0.5) is 0 Å². The van der Waals surface area contributed by atoms with Crippen molar-refractivity contribution in [3.8, 4) is 0 Å². The maximum absolute atomic E-state index is 12.4. The topological polar surface area (TPSA) is 95.9 Å². The van der Waals surface area contributed by atoms with Crippen LogP contribution in [0.25, 0.3) is 0 Å². The lowest BCUT2D eigenvalue weighted by Crippen LogP contribution is -2.45. The van der Waals surface area contributed by atoms with Crippen molar-refractivity contribution in [2.24, 2.45) is 0 Å². The zero-order chi connectivity index (χ0) is 39.4. The maximum atomic E-state index is 12.4. The van der Waals surface area contributed by atoms with Gasteiger partial charge < -0.3 is 20.3 Å². The van der Waals surface area contributed by atoms with Gasteiger partial charge in [0, 0.05) is 12.8 Å². The molecule has 0 saturated carbocycles. The fourth-order valence-corrected chi connectivity index (χ4v) is 7.64. The van der Waals surface area contributed by atoms with Gasteiger partial charge in [-0.3, -0.25) is 9.59 Å². The lowest BCUT2D eigenvalue weighted by molar-refractivity contribution is -0.143. The molecule has 0 heterocycles. The van der Waals surface area contributed by atoms with Crippen LogP contribution in [-0.4, -0.2) is 47.4 Å². The number of unbranched alkanes of at least 4 members (excludes halogenated alkanes) is 34. The average Bonchev–Trinajstić information content (AvgIpc) is 3.17. The first kappa shape index (κ1) is 52.9. The third-order valence-corrected chi connectivity index (χ3v) is 11.4. The first-order valence-corrected chi connectivity index (χ1v) is 24.3. The second-order valence-corrected chi connectivity index (χ2v) is 16.8. The lowest BCUT2D eigenvalue weighted by atomic mass is 10.0. The molecule has 0 aliphatic heterocycles. The minimum atomic E-state index is -0.676. The molecule has 2 atom stereocenters. The van der Waals surface area contributed by atoms with Gasteiger partial charge in [0.15, 0.2) is 0 Å². The molecule has 0 spiro atoms. The van der Waals surface area contributed by atoms with Crippen LogP contribution in [0, 0.1) is 0 Å². The predicted molar refractivity (Wildman–Crippen MR) is 232 cm³/mol. The molecule has 0 aromatic heterocycles. The van der Waals surface area contributed by atoms with Crippen molar-refractivity contribution in [2.75, 3.05) is 13.2 Å². The van der Waals surface area contributed by atoms with Gasteiger partial charge in [-0.2, -0.15) is 0 Å². The summed E-state index contributed by atoms with van der Waals surface area (Å²) in [6.45, 7) is 4.91. The molecule has 1 amide bonds. The van der Waals surface area contributed by atoms with Gasteiger partial charge in [-0.15, -0.1) is 0 Å². The molecule has 0 aromatic rings. The predicted octanol–water partition coefficient (Wildman–Crippen LogP) is 14.0. The third kappa shape index (κ3) is 40.5. The fraction of sp³-hybridized carbons (Fsp3) is 0.958. The van der Waals surface area contributed by atoms with Crippen LogP contribution in [-0.2, 0) is 14.3 Å². The van der Waals surface area contributed by atoms with Crippen molar-refractivity contribution in [3.63, 3.8) is 0 Å². The molecular weight excluding hydrogens is 671 g/mol. The first-order valence-electron chi connectivity index (χ1n) is 24.3. The Kier molecular flexibility index (Phi) is 43.6. The Morgan fingerprint density at radius 1 is 0.444 bits per heavy atom. The molecule has 3 N–H and O–H groups in total. The van der Waals surface area contributed by atoms with Crippen LogP contribution in [0.15, 0.2) is 0 Å². The second kappa shape index (κ2) is 44.6. The lowest BCUT2D eigenvalue weighted by Gasteiger charge is -2.22. The molecule has 6 heteroatoms. The Labute approximate surface area is 336 Å². The Morgan fingerprint density at radius 2 is 0.759 bits per heavy atom. The Balaban J connectivity index is 3.47. The number of hydrogen-bond donors (Lipinski definition) is 3. The first-order chi connectivity index (χ1) is 26.5. The molecule has 0 radical (unpaired) electrons. The van der Waals surface area contributed by atoms with Crippen LogP contribution in [0.2, 0.25) is 0 Å². The number of esters is 1. The molecule has 54 heavy (non-hydrogen) atoms. The summed E-state index contributed by atoms with van der Waals surface area (Å²) in [6, 6.07) is -0.555. The molecule has 0 bridgehead atoms. The summed E-state index contributed by atoms with van der Waals surface area (Å²) in [6.07, 6.45) is 47.7. The van der Waals surface area contributed by atoms with E-state index in [-0.39, 0.29) is 18.5 Å². The van der Waals surface area contributed by atoms with Gasteiger partial charge >= 0.3 is 5.97 Å². The van der Waals surface area contributed by atoms with Crippen molar-refractivity contribution in [3.05, 3.63) is 0 Å². The summed E-state index contributed by atoms with van der Waals surface area (Å²) in [5, 5.41) is 23.2. The van der Waals surface area contributed by atoms with Gasteiger partial charge in [-0.25, -0.2) is 0 Å². The van der Waals surface area contributed by atoms with E-state index >= 15 is 0 Å². The monoisotopic (exact) mass is 766 g/mol. The highest BCUT2D eigenvalue weighted by molar-refractivity contribution is 5.76. The Bertz CT molecular complexity index is 761. The number of aliphatic hydroxyl groups is 2. The summed E-state index contributed by atoms with van der Waals surface area (Å²) in [7, 11) is 0. The standard InChI is InChI=1S/C48H95NO5/c1-3-5-7-9-11-13-15-17-19-20-24-28-32-36-40-46(51)45(44-50)49-47(52)41-37-33-29-25-22-23-27-31-35-39-43-54-48(53)42-38-34-30-26-21-18-16-14-12-10-8-6-4-2/h45-46,50-51H,3-44H2,1-2H3,(H,49,52). The molecule has 0 aromatic carbocycles. The van der Waals surface area contributed by atoms with Crippen LogP contribution in [0.1, 0.15) is 271 Å². The second-order valence-electron chi connectivity index (χ2n) is 16.8. The quantitative estimate of drug-likeness (QED) is 0.0424. The minimum Gasteiger partial charge on any atom is -0.466 e. The Hall–Kier alpha value is -1.14. The molecule has 0 fully saturated rings. The molecule has 322 valence electrons. The number of carbonyl (C=O) groups is 2. The van der Waals surface area contributed by atoms with Crippen molar-refractivity contribution in [1.29, 1.82) is 0 Å². The molecule has 2 unspecified atom stereocenters. The van der Waals surface area contributed by atoms with Crippen LogP contribution in [0.3, 0.4) is 0 Å². The summed E-state index contributed by atoms with van der Waals surface area (Å²) in [4.78, 5) is 24.4. The van der Waals surface area contributed by atoms with Crippen LogP contribution >= 0.6 is 0 Å². The number of ether oxygens (including phenoxy) is 1. The summed E-state index contributed by atoms with van der Waals surface area (Å²) in [5.41, 5.74) is 0. The zero-order valence-corrected chi connectivity index (χ0v) is 36.5. The van der Waals surface area contributed by atoms with E-state index < -0.39 is 12.1 Å². The van der Waals surface area contributed by atoms with Crippen LogP contribution < -0.4 is 5.32 Å². The molecule has 6 nitrogen and oxygen atoms in total. The van der Waals surface area contributed by atoms with Gasteiger partial charge in [0.05, 0.1) is 25.4 Å². The average molecular weight is 766 g/mol. The van der Waals surface area contributed by atoms with Gasteiger partial charge in [0.25, 0.3) is 0 Å². The highest BCUT2D eigenvalue weighted by Crippen LogP contribution is 2.16. The SMILES string of the molecule is CCCCCCCCCCCCCCCCC(O)C(CO)NC(=O)CCCCCCCCCCCCOC(=O)CCCCCCCCCCCCCCC. The van der Waals surface area contributed by atoms with Gasteiger partial charge in [0.1, 0.15) is 0 Å². The van der Waals surface area contributed by atoms with E-state index in [2.05, 4.69) is 19.2 Å². The highest BCUT2D eigenvalue weighted by atomic mass is 16.5. The van der Waals surface area contributed by atoms with E-state index in [1.54, 1.807) is 0 Å². The summed E-state index contributed by atoms with van der Waals surface area (Å²) >= 11 is 0. The van der Waals surface area contributed by atoms with Gasteiger partial charge in [-0.1, -0.05) is 232 Å². The molecule has 0 aliphatic rings. The fourth-order valence-electron chi connectivity index (χ4n) is 7.64. The van der Waals surface area contributed by atoms with E-state index in [1.165, 1.54) is 180 Å². The van der Waals surface area contributed by atoms with E-state index in [0.717, 1.165) is 57.8 Å². The summed E-state index contributed by atoms with van der Waals surface area (Å²) in [5.74, 6) is -0.0731. The molecule has 0 rings (SSSR count). The number of nitrogens with one attached hydrogen (secondary N) is 1. The van der Waals surface area contributed by atoms with Gasteiger partial charge in [-0.05, 0) is 25.7 Å². The van der Waals surface area contributed by atoms with E-state index in [9.17, 15) is 19.8 Å². The van der Waals surface area contributed by atoms with Crippen molar-refractivity contribution in [2.45, 2.75) is 283 Å². The number of rotatable bonds is 45. The van der Waals surface area contributed by atoms with Crippen molar-refractivity contribution >= 4 is 11.9 Å². The molecule has 0 aliphatic carbocycles. The summed E-state index contributed by atoms with van der Waals surface area (Å²) < 4.78 is 5.44. The normalized spacial score (nSPS) is 12.6. The largest absolute Gasteiger partial charge is 0.466 e. The van der Waals surface area contributed by atoms with Crippen molar-refractivity contribution in [1.82, 2.24) is 5.32 Å². The van der Waals surface area contributed by atoms with E-state index in [0.29, 0.717) is 25.9 Å². The smallest absolute Gasteiger partial charge is 0.305 e. The van der Waals surface area contributed by atoms with E-state index in [1.807, 2.05) is 0 Å². The number of aliphatic hydroxyl groups excluding tert-OH is 2. The number of carbonyl (C=O) groups excluding carboxylic acids is 2. The van der Waals surface area contributed by atoms with Crippen molar-refractivity contribution < 1.29 is 24.5 Å². The van der Waals surface area contributed by atoms with Crippen LogP contribution in [0.5, 0.6) is 0 Å². The number of hydrogen-bond acceptors (Lipinski definition) is 5. The highest BCUT2D eigenvalue weighted by Gasteiger charge is 2.20. The molecular formula is C48H95NO5. The Morgan fingerprint density at radius 3 is 1.13 bits per heavy atom. The minimum absolute atomic E-state index is 0.0169. The maximum Gasteiger partial charge on any atom is 0.305 e. The number of amides is 1. The third-order valence-electron chi connectivity index (χ3n) is 11.4. The van der Waals surface area contributed by atoms with Gasteiger partial charge in [0.2, 0.25) is 5.91 Å².